The molecule has 11 aromatic rings. The summed E-state index contributed by atoms with van der Waals surface area (Å²) in [5, 5.41) is 7.33. The molecule has 2 heterocycles. The Bertz CT molecular complexity index is 3240. The van der Waals surface area contributed by atoms with E-state index < -0.39 is 0 Å². The number of rotatable bonds is 6. The average molecular weight is 720 g/mol. The number of para-hydroxylation sites is 2. The van der Waals surface area contributed by atoms with Crippen LogP contribution in [0.4, 0.5) is 17.1 Å². The molecular formula is C52H33NOS. The second-order valence-corrected chi connectivity index (χ2v) is 15.1. The van der Waals surface area contributed by atoms with Gasteiger partial charge in [0.1, 0.15) is 11.2 Å². The summed E-state index contributed by atoms with van der Waals surface area (Å²) in [7, 11) is 0. The number of fused-ring (bicyclic) bond motifs is 7. The molecule has 0 saturated carbocycles. The van der Waals surface area contributed by atoms with Gasteiger partial charge in [-0.2, -0.15) is 0 Å². The Hall–Kier alpha value is -6.94. The van der Waals surface area contributed by atoms with E-state index in [2.05, 4.69) is 193 Å². The predicted molar refractivity (Wildman–Crippen MR) is 235 cm³/mol. The van der Waals surface area contributed by atoms with Crippen LogP contribution in [-0.4, -0.2) is 0 Å². The van der Waals surface area contributed by atoms with Gasteiger partial charge in [-0.05, 0) is 93.2 Å². The zero-order valence-electron chi connectivity index (χ0n) is 29.8. The molecule has 0 aliphatic carbocycles. The molecule has 0 aliphatic heterocycles. The maximum Gasteiger partial charge on any atom is 0.136 e. The number of hydrogen-bond donors (Lipinski definition) is 0. The van der Waals surface area contributed by atoms with E-state index in [1.807, 2.05) is 23.5 Å². The van der Waals surface area contributed by atoms with Crippen molar-refractivity contribution in [3.05, 3.63) is 200 Å². The Morgan fingerprint density at radius 3 is 1.85 bits per heavy atom. The Morgan fingerprint density at radius 1 is 0.382 bits per heavy atom. The molecule has 0 N–H and O–H groups in total. The minimum atomic E-state index is 0.894. The summed E-state index contributed by atoms with van der Waals surface area (Å²) in [5.74, 6) is 0. The van der Waals surface area contributed by atoms with Crippen LogP contribution in [0, 0.1) is 0 Å². The monoisotopic (exact) mass is 719 g/mol. The van der Waals surface area contributed by atoms with Gasteiger partial charge in [0, 0.05) is 47.9 Å². The fourth-order valence-electron chi connectivity index (χ4n) is 8.31. The first-order valence-electron chi connectivity index (χ1n) is 18.7. The van der Waals surface area contributed by atoms with Gasteiger partial charge in [0.15, 0.2) is 0 Å². The highest BCUT2D eigenvalue weighted by molar-refractivity contribution is 7.26. The summed E-state index contributed by atoms with van der Waals surface area (Å²) >= 11 is 1.87. The molecule has 0 bridgehead atoms. The molecule has 0 unspecified atom stereocenters. The smallest absolute Gasteiger partial charge is 0.136 e. The fraction of sp³-hybridized carbons (Fsp3) is 0. The first-order chi connectivity index (χ1) is 27.3. The van der Waals surface area contributed by atoms with E-state index in [0.717, 1.165) is 50.1 Å². The highest BCUT2D eigenvalue weighted by atomic mass is 32.1. The van der Waals surface area contributed by atoms with Crippen LogP contribution in [0.2, 0.25) is 0 Å². The number of anilines is 3. The van der Waals surface area contributed by atoms with Gasteiger partial charge in [-0.15, -0.1) is 11.3 Å². The lowest BCUT2D eigenvalue weighted by Gasteiger charge is -2.29. The van der Waals surface area contributed by atoms with Gasteiger partial charge in [-0.1, -0.05) is 146 Å². The summed E-state index contributed by atoms with van der Waals surface area (Å²) in [6.07, 6.45) is 0. The van der Waals surface area contributed by atoms with Gasteiger partial charge < -0.3 is 9.32 Å². The van der Waals surface area contributed by atoms with Gasteiger partial charge in [-0.25, -0.2) is 0 Å². The average Bonchev–Trinajstić information content (AvgIpc) is 3.83. The zero-order valence-corrected chi connectivity index (χ0v) is 30.6. The molecule has 9 aromatic carbocycles. The van der Waals surface area contributed by atoms with E-state index in [1.54, 1.807) is 0 Å². The molecule has 0 aliphatic rings. The number of benzene rings is 9. The van der Waals surface area contributed by atoms with E-state index >= 15 is 0 Å². The van der Waals surface area contributed by atoms with Crippen LogP contribution < -0.4 is 4.90 Å². The van der Waals surface area contributed by atoms with Gasteiger partial charge in [0.05, 0.1) is 5.69 Å². The van der Waals surface area contributed by atoms with Crippen LogP contribution >= 0.6 is 11.3 Å². The largest absolute Gasteiger partial charge is 0.456 e. The fourth-order valence-corrected chi connectivity index (χ4v) is 9.55. The normalized spacial score (nSPS) is 11.6. The van der Waals surface area contributed by atoms with Crippen molar-refractivity contribution in [2.45, 2.75) is 0 Å². The third kappa shape index (κ3) is 5.32. The van der Waals surface area contributed by atoms with Crippen molar-refractivity contribution in [3.8, 4) is 33.4 Å². The van der Waals surface area contributed by atoms with Crippen molar-refractivity contribution in [3.63, 3.8) is 0 Å². The summed E-state index contributed by atoms with van der Waals surface area (Å²) in [5.41, 5.74) is 12.1. The summed E-state index contributed by atoms with van der Waals surface area (Å²) in [6, 6.07) is 72.3. The molecule has 3 heteroatoms. The van der Waals surface area contributed by atoms with Crippen LogP contribution in [0.3, 0.4) is 0 Å². The molecule has 0 spiro atoms. The van der Waals surface area contributed by atoms with Crippen LogP contribution in [0.5, 0.6) is 0 Å². The van der Waals surface area contributed by atoms with Crippen LogP contribution in [0.15, 0.2) is 205 Å². The molecule has 55 heavy (non-hydrogen) atoms. The second-order valence-electron chi connectivity index (χ2n) is 14.1. The molecule has 258 valence electrons. The maximum absolute atomic E-state index is 6.32. The highest BCUT2D eigenvalue weighted by Crippen LogP contribution is 2.46. The van der Waals surface area contributed by atoms with E-state index in [4.69, 9.17) is 4.42 Å². The van der Waals surface area contributed by atoms with Gasteiger partial charge in [0.2, 0.25) is 0 Å². The molecule has 0 fully saturated rings. The van der Waals surface area contributed by atoms with Crippen molar-refractivity contribution in [2.24, 2.45) is 0 Å². The minimum Gasteiger partial charge on any atom is -0.456 e. The van der Waals surface area contributed by atoms with Crippen LogP contribution in [0.25, 0.3) is 86.3 Å². The Balaban J connectivity index is 1.13. The van der Waals surface area contributed by atoms with Gasteiger partial charge >= 0.3 is 0 Å². The molecule has 0 saturated heterocycles. The summed E-state index contributed by atoms with van der Waals surface area (Å²) < 4.78 is 8.94. The van der Waals surface area contributed by atoms with Crippen molar-refractivity contribution in [1.82, 2.24) is 0 Å². The number of hydrogen-bond acceptors (Lipinski definition) is 3. The van der Waals surface area contributed by atoms with Gasteiger partial charge in [-0.3, -0.25) is 0 Å². The predicted octanol–water partition coefficient (Wildman–Crippen LogP) is 15.6. The molecular weight excluding hydrogens is 687 g/mol. The molecule has 0 radical (unpaired) electrons. The molecule has 0 atom stereocenters. The first kappa shape index (κ1) is 31.6. The molecule has 0 amide bonds. The van der Waals surface area contributed by atoms with Crippen molar-refractivity contribution in [2.75, 3.05) is 4.90 Å². The lowest BCUT2D eigenvalue weighted by molar-refractivity contribution is 0.669. The summed E-state index contributed by atoms with van der Waals surface area (Å²) in [6.45, 7) is 0. The van der Waals surface area contributed by atoms with E-state index in [9.17, 15) is 0 Å². The van der Waals surface area contributed by atoms with E-state index in [0.29, 0.717) is 0 Å². The lowest BCUT2D eigenvalue weighted by Crippen LogP contribution is -2.11. The van der Waals surface area contributed by atoms with Crippen molar-refractivity contribution < 1.29 is 4.42 Å². The topological polar surface area (TPSA) is 16.4 Å². The van der Waals surface area contributed by atoms with E-state index in [-0.39, 0.29) is 0 Å². The standard InChI is InChI=1S/C52H33NOS/c1-2-14-35-31-38(30-29-34(35)13-1)41-19-3-6-25-47(41)53(39-17-9-15-36(32-39)42-22-12-27-49-51(42)46-21-4-7-26-48(46)54-49)40-18-10-16-37(33-40)43-23-11-24-45-44-20-5-8-28-50(44)55-52(43)45/h1-33H. The third-order valence-corrected chi connectivity index (χ3v) is 12.1. The number of furan rings is 1. The van der Waals surface area contributed by atoms with Crippen LogP contribution in [0.1, 0.15) is 0 Å². The van der Waals surface area contributed by atoms with Crippen molar-refractivity contribution in [1.29, 1.82) is 0 Å². The Labute approximate surface area is 322 Å². The molecule has 2 aromatic heterocycles. The van der Waals surface area contributed by atoms with Crippen LogP contribution in [-0.2, 0) is 0 Å². The van der Waals surface area contributed by atoms with E-state index in [1.165, 1.54) is 53.2 Å². The number of thiophene rings is 1. The Morgan fingerprint density at radius 2 is 0.982 bits per heavy atom. The Kier molecular flexibility index (Phi) is 7.39. The number of nitrogens with zero attached hydrogens (tertiary/aromatic N) is 1. The lowest BCUT2D eigenvalue weighted by atomic mass is 9.96. The maximum atomic E-state index is 6.32. The zero-order chi connectivity index (χ0) is 36.3. The summed E-state index contributed by atoms with van der Waals surface area (Å²) in [4.78, 5) is 2.43. The quantitative estimate of drug-likeness (QED) is 0.170. The van der Waals surface area contributed by atoms with Gasteiger partial charge in [0.25, 0.3) is 0 Å². The SMILES string of the molecule is c1cc(-c2cccc3c2sc2ccccc23)cc(N(c2cccc(-c3cccc4oc5ccccc5c34)c2)c2ccccc2-c2ccc3ccccc3c2)c1. The molecule has 2 nitrogen and oxygen atoms in total. The second kappa shape index (κ2) is 12.9. The molecule has 11 rings (SSSR count). The highest BCUT2D eigenvalue weighted by Gasteiger charge is 2.20. The minimum absolute atomic E-state index is 0.894. The first-order valence-corrected chi connectivity index (χ1v) is 19.5. The van der Waals surface area contributed by atoms with Crippen molar-refractivity contribution >= 4 is 81.3 Å². The third-order valence-electron chi connectivity index (χ3n) is 10.8.